The fourth-order valence-corrected chi connectivity index (χ4v) is 3.29. The van der Waals surface area contributed by atoms with Gasteiger partial charge in [-0.25, -0.2) is 9.97 Å². The van der Waals surface area contributed by atoms with Crippen LogP contribution in [-0.2, 0) is 0 Å². The maximum atomic E-state index is 12.8. The zero-order valence-corrected chi connectivity index (χ0v) is 15.2. The van der Waals surface area contributed by atoms with Crippen molar-refractivity contribution >= 4 is 17.5 Å². The number of anilines is 1. The summed E-state index contributed by atoms with van der Waals surface area (Å²) in [5, 5.41) is 5.36. The van der Waals surface area contributed by atoms with Gasteiger partial charge >= 0.3 is 0 Å². The van der Waals surface area contributed by atoms with Gasteiger partial charge in [0.15, 0.2) is 0 Å². The van der Waals surface area contributed by atoms with Crippen molar-refractivity contribution in [3.8, 4) is 5.75 Å². The van der Waals surface area contributed by atoms with Crippen LogP contribution in [0.15, 0.2) is 61.2 Å². The van der Waals surface area contributed by atoms with Gasteiger partial charge in [0.2, 0.25) is 0 Å². The van der Waals surface area contributed by atoms with Crippen molar-refractivity contribution in [2.45, 2.75) is 5.92 Å². The molecule has 28 heavy (non-hydrogen) atoms. The molecule has 4 rings (SSSR count). The number of amides is 2. The average Bonchev–Trinajstić information content (AvgIpc) is 3.18. The molecule has 1 unspecified atom stereocenters. The van der Waals surface area contributed by atoms with Gasteiger partial charge < -0.3 is 15.4 Å². The van der Waals surface area contributed by atoms with Gasteiger partial charge in [-0.1, -0.05) is 30.3 Å². The quantitative estimate of drug-likeness (QED) is 0.732. The Hall–Kier alpha value is -3.74. The van der Waals surface area contributed by atoms with E-state index in [1.165, 1.54) is 18.7 Å². The second-order valence-corrected chi connectivity index (χ2v) is 6.38. The van der Waals surface area contributed by atoms with Crippen LogP contribution in [0.25, 0.3) is 0 Å². The third kappa shape index (κ3) is 3.29. The van der Waals surface area contributed by atoms with Crippen molar-refractivity contribution in [2.24, 2.45) is 0 Å². The molecule has 0 fully saturated rings. The number of hydrogen-bond donors (Lipinski definition) is 2. The van der Waals surface area contributed by atoms with E-state index in [1.807, 2.05) is 30.3 Å². The average molecular weight is 374 g/mol. The summed E-state index contributed by atoms with van der Waals surface area (Å²) < 4.78 is 5.86. The Kier molecular flexibility index (Phi) is 4.72. The highest BCUT2D eigenvalue weighted by molar-refractivity contribution is 6.07. The minimum Gasteiger partial charge on any atom is -0.491 e. The van der Waals surface area contributed by atoms with Crippen LogP contribution in [0.4, 0.5) is 5.69 Å². The summed E-state index contributed by atoms with van der Waals surface area (Å²) >= 11 is 0. The van der Waals surface area contributed by atoms with Crippen molar-refractivity contribution < 1.29 is 14.3 Å². The number of nitrogens with one attached hydrogen (secondary N) is 2. The van der Waals surface area contributed by atoms with Crippen LogP contribution in [0, 0.1) is 0 Å². The van der Waals surface area contributed by atoms with Crippen LogP contribution >= 0.6 is 0 Å². The first kappa shape index (κ1) is 17.7. The van der Waals surface area contributed by atoms with Gasteiger partial charge in [-0.05, 0) is 17.7 Å². The second kappa shape index (κ2) is 7.48. The molecule has 3 aromatic rings. The van der Waals surface area contributed by atoms with Crippen molar-refractivity contribution in [3.05, 3.63) is 83.4 Å². The van der Waals surface area contributed by atoms with Crippen LogP contribution in [-0.4, -0.2) is 35.4 Å². The third-order valence-corrected chi connectivity index (χ3v) is 4.64. The standard InChI is InChI=1S/C21H18N4O3/c1-22-21(27)17-8-14(20(26)25-15-9-23-12-24-10-15)7-16-18(11-28-19(16)17)13-5-3-2-4-6-13/h2-10,12,18H,11H2,1H3,(H,22,27)(H,25,26). The van der Waals surface area contributed by atoms with E-state index in [0.717, 1.165) is 11.1 Å². The Morgan fingerprint density at radius 3 is 2.54 bits per heavy atom. The highest BCUT2D eigenvalue weighted by Crippen LogP contribution is 2.41. The Morgan fingerprint density at radius 1 is 1.07 bits per heavy atom. The van der Waals surface area contributed by atoms with E-state index in [1.54, 1.807) is 19.2 Å². The van der Waals surface area contributed by atoms with E-state index in [0.29, 0.717) is 29.2 Å². The van der Waals surface area contributed by atoms with Gasteiger partial charge in [-0.2, -0.15) is 0 Å². The Bertz CT molecular complexity index is 1020. The molecular weight excluding hydrogens is 356 g/mol. The summed E-state index contributed by atoms with van der Waals surface area (Å²) in [5.41, 5.74) is 3.07. The predicted octanol–water partition coefficient (Wildman–Crippen LogP) is 2.61. The van der Waals surface area contributed by atoms with Crippen molar-refractivity contribution in [1.82, 2.24) is 15.3 Å². The van der Waals surface area contributed by atoms with Crippen LogP contribution in [0.5, 0.6) is 5.75 Å². The number of fused-ring (bicyclic) bond motifs is 1. The zero-order chi connectivity index (χ0) is 19.5. The molecule has 7 heteroatoms. The van der Waals surface area contributed by atoms with Crippen LogP contribution < -0.4 is 15.4 Å². The maximum Gasteiger partial charge on any atom is 0.255 e. The maximum absolute atomic E-state index is 12.8. The molecule has 2 heterocycles. The van der Waals surface area contributed by atoms with Gasteiger partial charge in [0.05, 0.1) is 30.3 Å². The molecule has 1 aromatic heterocycles. The molecule has 0 radical (unpaired) electrons. The lowest BCUT2D eigenvalue weighted by atomic mass is 9.90. The van der Waals surface area contributed by atoms with Crippen LogP contribution in [0.2, 0.25) is 0 Å². The number of carbonyl (C=O) groups excluding carboxylic acids is 2. The Balaban J connectivity index is 1.76. The molecule has 2 amide bonds. The van der Waals surface area contributed by atoms with E-state index < -0.39 is 0 Å². The number of ether oxygens (including phenoxy) is 1. The van der Waals surface area contributed by atoms with Crippen LogP contribution in [0.3, 0.4) is 0 Å². The first-order valence-corrected chi connectivity index (χ1v) is 8.81. The fraction of sp³-hybridized carbons (Fsp3) is 0.143. The molecule has 1 aliphatic rings. The molecule has 0 bridgehead atoms. The van der Waals surface area contributed by atoms with Gasteiger partial charge in [-0.15, -0.1) is 0 Å². The topological polar surface area (TPSA) is 93.2 Å². The van der Waals surface area contributed by atoms with E-state index in [4.69, 9.17) is 4.74 Å². The third-order valence-electron chi connectivity index (χ3n) is 4.64. The monoisotopic (exact) mass is 374 g/mol. The number of nitrogens with zero attached hydrogens (tertiary/aromatic N) is 2. The normalized spacial score (nSPS) is 14.7. The summed E-state index contributed by atoms with van der Waals surface area (Å²) in [6, 6.07) is 13.2. The molecular formula is C21H18N4O3. The number of hydrogen-bond acceptors (Lipinski definition) is 5. The number of rotatable bonds is 4. The molecule has 1 aliphatic heterocycles. The highest BCUT2D eigenvalue weighted by Gasteiger charge is 2.31. The minimum absolute atomic E-state index is 0.0487. The van der Waals surface area contributed by atoms with Gasteiger partial charge in [-0.3, -0.25) is 9.59 Å². The molecule has 0 saturated heterocycles. The summed E-state index contributed by atoms with van der Waals surface area (Å²) in [5.74, 6) is -0.177. The van der Waals surface area contributed by atoms with Gasteiger partial charge in [0.1, 0.15) is 12.1 Å². The molecule has 1 atom stereocenters. The van der Waals surface area contributed by atoms with E-state index >= 15 is 0 Å². The lowest BCUT2D eigenvalue weighted by molar-refractivity contribution is 0.0960. The molecule has 2 N–H and O–H groups in total. The Labute approximate surface area is 161 Å². The lowest BCUT2D eigenvalue weighted by Crippen LogP contribution is -2.20. The van der Waals surface area contributed by atoms with Crippen molar-refractivity contribution in [2.75, 3.05) is 19.0 Å². The molecule has 0 saturated carbocycles. The minimum atomic E-state index is -0.346. The Morgan fingerprint density at radius 2 is 1.82 bits per heavy atom. The largest absolute Gasteiger partial charge is 0.491 e. The molecule has 7 nitrogen and oxygen atoms in total. The number of carbonyl (C=O) groups is 2. The summed E-state index contributed by atoms with van der Waals surface area (Å²) in [6.07, 6.45) is 4.40. The number of benzene rings is 2. The van der Waals surface area contributed by atoms with E-state index in [9.17, 15) is 9.59 Å². The first-order chi connectivity index (χ1) is 13.7. The summed E-state index contributed by atoms with van der Waals surface area (Å²) in [6.45, 7) is 0.418. The van der Waals surface area contributed by atoms with E-state index in [-0.39, 0.29) is 17.7 Å². The lowest BCUT2D eigenvalue weighted by Gasteiger charge is -2.13. The number of aromatic nitrogens is 2. The predicted molar refractivity (Wildman–Crippen MR) is 104 cm³/mol. The van der Waals surface area contributed by atoms with Crippen molar-refractivity contribution in [1.29, 1.82) is 0 Å². The second-order valence-electron chi connectivity index (χ2n) is 6.38. The van der Waals surface area contributed by atoms with Gasteiger partial charge in [0.25, 0.3) is 11.8 Å². The first-order valence-electron chi connectivity index (χ1n) is 8.81. The van der Waals surface area contributed by atoms with Gasteiger partial charge in [0, 0.05) is 24.1 Å². The van der Waals surface area contributed by atoms with Crippen LogP contribution in [0.1, 0.15) is 37.8 Å². The highest BCUT2D eigenvalue weighted by atomic mass is 16.5. The molecule has 0 aliphatic carbocycles. The summed E-state index contributed by atoms with van der Waals surface area (Å²) in [7, 11) is 1.55. The molecule has 0 spiro atoms. The fourth-order valence-electron chi connectivity index (χ4n) is 3.29. The zero-order valence-electron chi connectivity index (χ0n) is 15.2. The molecule has 140 valence electrons. The SMILES string of the molecule is CNC(=O)c1cc(C(=O)Nc2cncnc2)cc2c1OCC2c1ccccc1. The smallest absolute Gasteiger partial charge is 0.255 e. The summed E-state index contributed by atoms with van der Waals surface area (Å²) in [4.78, 5) is 33.0. The van der Waals surface area contributed by atoms with Crippen molar-refractivity contribution in [3.63, 3.8) is 0 Å². The van der Waals surface area contributed by atoms with E-state index in [2.05, 4.69) is 20.6 Å². The molecule has 2 aromatic carbocycles.